The maximum absolute atomic E-state index is 12.6. The van der Waals surface area contributed by atoms with Crippen molar-refractivity contribution in [2.24, 2.45) is 5.92 Å². The van der Waals surface area contributed by atoms with Crippen LogP contribution in [0.2, 0.25) is 0 Å². The number of hydrogen-bond donors (Lipinski definition) is 0. The van der Waals surface area contributed by atoms with Crippen molar-refractivity contribution in [3.63, 3.8) is 0 Å². The van der Waals surface area contributed by atoms with Crippen molar-refractivity contribution in [2.75, 3.05) is 26.2 Å². The molecular formula is C19H24N4O. The highest BCUT2D eigenvalue weighted by Gasteiger charge is 2.27. The molecule has 1 aliphatic carbocycles. The van der Waals surface area contributed by atoms with Crippen molar-refractivity contribution in [1.29, 1.82) is 0 Å². The number of fused-ring (bicyclic) bond motifs is 1. The van der Waals surface area contributed by atoms with Crippen molar-refractivity contribution >= 4 is 11.6 Å². The first-order valence-corrected chi connectivity index (χ1v) is 8.88. The summed E-state index contributed by atoms with van der Waals surface area (Å²) >= 11 is 0. The Morgan fingerprint density at radius 1 is 1.17 bits per heavy atom. The number of aromatic nitrogens is 2. The molecule has 1 saturated heterocycles. The standard InChI is InChI=1S/C19H24N4O/c24-19(16-6-2-1-3-7-16)22-12-10-21(11-13-22)14-17-15-23-9-5-4-8-18(23)20-17/h1-2,4-5,8-9,15-16H,3,6-7,10-14H2. The van der Waals surface area contributed by atoms with E-state index in [1.165, 1.54) is 0 Å². The molecule has 0 saturated carbocycles. The van der Waals surface area contributed by atoms with Crippen LogP contribution < -0.4 is 0 Å². The summed E-state index contributed by atoms with van der Waals surface area (Å²) in [6.07, 6.45) is 11.5. The first kappa shape index (κ1) is 15.4. The Morgan fingerprint density at radius 3 is 2.79 bits per heavy atom. The van der Waals surface area contributed by atoms with Gasteiger partial charge in [-0.1, -0.05) is 18.2 Å². The van der Waals surface area contributed by atoms with Crippen LogP contribution in [0.15, 0.2) is 42.7 Å². The fourth-order valence-electron chi connectivity index (χ4n) is 3.69. The zero-order chi connectivity index (χ0) is 16.4. The van der Waals surface area contributed by atoms with E-state index >= 15 is 0 Å². The number of allylic oxidation sites excluding steroid dienone is 2. The summed E-state index contributed by atoms with van der Waals surface area (Å²) < 4.78 is 2.06. The molecule has 0 aromatic carbocycles. The van der Waals surface area contributed by atoms with Gasteiger partial charge < -0.3 is 9.30 Å². The van der Waals surface area contributed by atoms with Crippen molar-refractivity contribution in [3.8, 4) is 0 Å². The van der Waals surface area contributed by atoms with Crippen LogP contribution >= 0.6 is 0 Å². The zero-order valence-electron chi connectivity index (χ0n) is 14.0. The molecule has 3 heterocycles. The smallest absolute Gasteiger partial charge is 0.226 e. The summed E-state index contributed by atoms with van der Waals surface area (Å²) in [6.45, 7) is 4.40. The largest absolute Gasteiger partial charge is 0.340 e. The van der Waals surface area contributed by atoms with Gasteiger partial charge in [0.1, 0.15) is 5.65 Å². The lowest BCUT2D eigenvalue weighted by Crippen LogP contribution is -2.50. The minimum atomic E-state index is 0.208. The lowest BCUT2D eigenvalue weighted by Gasteiger charge is -2.36. The number of imidazole rings is 1. The lowest BCUT2D eigenvalue weighted by atomic mass is 9.93. The highest BCUT2D eigenvalue weighted by atomic mass is 16.2. The minimum Gasteiger partial charge on any atom is -0.340 e. The van der Waals surface area contributed by atoms with Gasteiger partial charge in [0.05, 0.1) is 5.69 Å². The molecule has 0 radical (unpaired) electrons. The second-order valence-electron chi connectivity index (χ2n) is 6.78. The minimum absolute atomic E-state index is 0.208. The van der Waals surface area contributed by atoms with Crippen LogP contribution in [0.5, 0.6) is 0 Å². The van der Waals surface area contributed by atoms with Crippen LogP contribution in [0.3, 0.4) is 0 Å². The Balaban J connectivity index is 1.32. The Hall–Kier alpha value is -2.14. The maximum Gasteiger partial charge on any atom is 0.226 e. The molecule has 0 N–H and O–H groups in total. The van der Waals surface area contributed by atoms with Gasteiger partial charge in [0.2, 0.25) is 5.91 Å². The van der Waals surface area contributed by atoms with Crippen LogP contribution in [0.1, 0.15) is 25.0 Å². The van der Waals surface area contributed by atoms with Crippen molar-refractivity contribution in [2.45, 2.75) is 25.8 Å². The van der Waals surface area contributed by atoms with E-state index in [-0.39, 0.29) is 5.92 Å². The van der Waals surface area contributed by atoms with Crippen molar-refractivity contribution in [3.05, 3.63) is 48.4 Å². The third-order valence-corrected chi connectivity index (χ3v) is 5.10. The van der Waals surface area contributed by atoms with E-state index in [1.807, 2.05) is 24.4 Å². The van der Waals surface area contributed by atoms with E-state index in [4.69, 9.17) is 0 Å². The van der Waals surface area contributed by atoms with Gasteiger partial charge >= 0.3 is 0 Å². The quantitative estimate of drug-likeness (QED) is 0.814. The van der Waals surface area contributed by atoms with Gasteiger partial charge in [-0.2, -0.15) is 0 Å². The van der Waals surface area contributed by atoms with Crippen LogP contribution in [0.25, 0.3) is 5.65 Å². The molecule has 2 aromatic heterocycles. The molecule has 1 atom stereocenters. The number of amides is 1. The average Bonchev–Trinajstić information content (AvgIpc) is 3.05. The molecule has 1 aliphatic heterocycles. The molecular weight excluding hydrogens is 300 g/mol. The fourth-order valence-corrected chi connectivity index (χ4v) is 3.69. The Kier molecular flexibility index (Phi) is 4.34. The summed E-state index contributed by atoms with van der Waals surface area (Å²) in [4.78, 5) is 21.7. The predicted molar refractivity (Wildman–Crippen MR) is 93.5 cm³/mol. The van der Waals surface area contributed by atoms with Gasteiger partial charge in [0, 0.05) is 51.0 Å². The van der Waals surface area contributed by atoms with Crippen LogP contribution in [-0.4, -0.2) is 51.3 Å². The molecule has 1 unspecified atom stereocenters. The molecule has 5 heteroatoms. The molecule has 1 amide bonds. The van der Waals surface area contributed by atoms with Crippen LogP contribution in [0.4, 0.5) is 0 Å². The topological polar surface area (TPSA) is 40.9 Å². The Bertz CT molecular complexity index is 710. The lowest BCUT2D eigenvalue weighted by molar-refractivity contribution is -0.137. The number of pyridine rings is 1. The molecule has 5 nitrogen and oxygen atoms in total. The molecule has 0 spiro atoms. The number of hydrogen-bond acceptors (Lipinski definition) is 3. The molecule has 24 heavy (non-hydrogen) atoms. The molecule has 1 fully saturated rings. The highest BCUT2D eigenvalue weighted by Crippen LogP contribution is 2.21. The van der Waals surface area contributed by atoms with Gasteiger partial charge in [-0.3, -0.25) is 9.69 Å². The van der Waals surface area contributed by atoms with Crippen molar-refractivity contribution < 1.29 is 4.79 Å². The number of rotatable bonds is 3. The summed E-state index contributed by atoms with van der Waals surface area (Å²) in [5.74, 6) is 0.562. The van der Waals surface area contributed by atoms with E-state index in [0.717, 1.165) is 63.3 Å². The summed E-state index contributed by atoms with van der Waals surface area (Å²) in [5, 5.41) is 0. The number of piperazine rings is 1. The Labute approximate surface area is 142 Å². The third-order valence-electron chi connectivity index (χ3n) is 5.10. The second-order valence-corrected chi connectivity index (χ2v) is 6.78. The maximum atomic E-state index is 12.6. The van der Waals surface area contributed by atoms with E-state index in [2.05, 4.69) is 37.5 Å². The fraction of sp³-hybridized carbons (Fsp3) is 0.474. The molecule has 126 valence electrons. The van der Waals surface area contributed by atoms with Crippen molar-refractivity contribution in [1.82, 2.24) is 19.2 Å². The van der Waals surface area contributed by atoms with E-state index in [9.17, 15) is 4.79 Å². The zero-order valence-corrected chi connectivity index (χ0v) is 14.0. The van der Waals surface area contributed by atoms with E-state index in [0.29, 0.717) is 5.91 Å². The number of carbonyl (C=O) groups excluding carboxylic acids is 1. The first-order valence-electron chi connectivity index (χ1n) is 8.88. The highest BCUT2D eigenvalue weighted by molar-refractivity contribution is 5.79. The monoisotopic (exact) mass is 324 g/mol. The first-order chi connectivity index (χ1) is 11.8. The third kappa shape index (κ3) is 3.22. The van der Waals surface area contributed by atoms with Gasteiger partial charge in [-0.25, -0.2) is 4.98 Å². The SMILES string of the molecule is O=C(C1CC=CCC1)N1CCN(Cc2cn3ccccc3n2)CC1. The summed E-state index contributed by atoms with van der Waals surface area (Å²) in [7, 11) is 0. The second kappa shape index (κ2) is 6.77. The normalized spacial score (nSPS) is 22.2. The average molecular weight is 324 g/mol. The van der Waals surface area contributed by atoms with Crippen LogP contribution in [-0.2, 0) is 11.3 Å². The number of carbonyl (C=O) groups is 1. The van der Waals surface area contributed by atoms with Gasteiger partial charge in [0.25, 0.3) is 0 Å². The van der Waals surface area contributed by atoms with Gasteiger partial charge in [0.15, 0.2) is 0 Å². The van der Waals surface area contributed by atoms with E-state index in [1.54, 1.807) is 0 Å². The summed E-state index contributed by atoms with van der Waals surface area (Å²) in [6, 6.07) is 6.05. The molecule has 2 aromatic rings. The van der Waals surface area contributed by atoms with Gasteiger partial charge in [-0.15, -0.1) is 0 Å². The molecule has 4 rings (SSSR count). The molecule has 0 bridgehead atoms. The Morgan fingerprint density at radius 2 is 2.04 bits per heavy atom. The number of nitrogens with zero attached hydrogens (tertiary/aromatic N) is 4. The van der Waals surface area contributed by atoms with Gasteiger partial charge in [-0.05, 0) is 31.4 Å². The predicted octanol–water partition coefficient (Wildman–Crippen LogP) is 2.33. The summed E-state index contributed by atoms with van der Waals surface area (Å²) in [5.41, 5.74) is 2.09. The van der Waals surface area contributed by atoms with Crippen LogP contribution in [0, 0.1) is 5.92 Å². The molecule has 2 aliphatic rings. The van der Waals surface area contributed by atoms with E-state index < -0.39 is 0 Å².